The Bertz CT molecular complexity index is 1180. The van der Waals surface area contributed by atoms with Crippen molar-refractivity contribution >= 4 is 45.7 Å². The highest BCUT2D eigenvalue weighted by atomic mass is 32.1. The third-order valence-electron chi connectivity index (χ3n) is 4.39. The standard InChI is InChI=1S/C21H17N3O4S/c1-24(2)13-9-7-12(8-10-13)18-17(21(26)27)15(11-29-18)22-19(25)20-23-14-5-3-4-6-16(14)28-20/h3-11H,1-2H3,(H,22,25)(H,26,27). The molecule has 0 radical (unpaired) electrons. The predicted octanol–water partition coefficient (Wildman–Crippen LogP) is 4.57. The summed E-state index contributed by atoms with van der Waals surface area (Å²) in [4.78, 5) is 31.2. The fourth-order valence-electron chi connectivity index (χ4n) is 2.93. The average Bonchev–Trinajstić information content (AvgIpc) is 3.32. The first kappa shape index (κ1) is 18.7. The van der Waals surface area contributed by atoms with Crippen LogP contribution < -0.4 is 10.2 Å². The van der Waals surface area contributed by atoms with Crippen molar-refractivity contribution in [2.75, 3.05) is 24.3 Å². The van der Waals surface area contributed by atoms with E-state index >= 15 is 0 Å². The minimum Gasteiger partial charge on any atom is -0.478 e. The molecule has 2 heterocycles. The Hall–Kier alpha value is -3.65. The largest absolute Gasteiger partial charge is 0.478 e. The summed E-state index contributed by atoms with van der Waals surface area (Å²) in [5, 5.41) is 14.0. The first-order chi connectivity index (χ1) is 13.9. The number of hydrogen-bond donors (Lipinski definition) is 2. The van der Waals surface area contributed by atoms with Crippen molar-refractivity contribution in [1.82, 2.24) is 4.98 Å². The number of fused-ring (bicyclic) bond motifs is 1. The molecule has 0 fully saturated rings. The average molecular weight is 407 g/mol. The predicted molar refractivity (Wildman–Crippen MR) is 113 cm³/mol. The first-order valence-electron chi connectivity index (χ1n) is 8.73. The molecule has 1 amide bonds. The zero-order valence-electron chi connectivity index (χ0n) is 15.7. The van der Waals surface area contributed by atoms with Crippen LogP contribution in [0, 0.1) is 0 Å². The second kappa shape index (κ2) is 7.40. The van der Waals surface area contributed by atoms with Crippen LogP contribution in [0.1, 0.15) is 21.0 Å². The van der Waals surface area contributed by atoms with Gasteiger partial charge < -0.3 is 19.7 Å². The summed E-state index contributed by atoms with van der Waals surface area (Å²) in [5.41, 5.74) is 3.07. The van der Waals surface area contributed by atoms with Crippen molar-refractivity contribution in [2.24, 2.45) is 0 Å². The Morgan fingerprint density at radius 2 is 1.83 bits per heavy atom. The Kier molecular flexibility index (Phi) is 4.77. The number of nitrogens with zero attached hydrogens (tertiary/aromatic N) is 2. The lowest BCUT2D eigenvalue weighted by Gasteiger charge is -2.12. The summed E-state index contributed by atoms with van der Waals surface area (Å²) in [6, 6.07) is 14.6. The number of carboxylic acids is 1. The van der Waals surface area contributed by atoms with E-state index in [9.17, 15) is 14.7 Å². The molecule has 4 aromatic rings. The van der Waals surface area contributed by atoms with Gasteiger partial charge >= 0.3 is 11.9 Å². The molecule has 7 nitrogen and oxygen atoms in total. The van der Waals surface area contributed by atoms with E-state index in [-0.39, 0.29) is 17.1 Å². The molecule has 8 heteroatoms. The van der Waals surface area contributed by atoms with E-state index in [1.54, 1.807) is 29.6 Å². The molecular weight excluding hydrogens is 390 g/mol. The van der Waals surface area contributed by atoms with Crippen molar-refractivity contribution < 1.29 is 19.1 Å². The van der Waals surface area contributed by atoms with Crippen LogP contribution in [0.15, 0.2) is 58.3 Å². The van der Waals surface area contributed by atoms with Gasteiger partial charge in [0.2, 0.25) is 0 Å². The number of hydrogen-bond acceptors (Lipinski definition) is 6. The van der Waals surface area contributed by atoms with E-state index in [0.29, 0.717) is 16.0 Å². The lowest BCUT2D eigenvalue weighted by atomic mass is 10.1. The van der Waals surface area contributed by atoms with Crippen LogP contribution in [-0.2, 0) is 0 Å². The van der Waals surface area contributed by atoms with Gasteiger partial charge in [0.15, 0.2) is 5.58 Å². The molecule has 0 aliphatic carbocycles. The maximum absolute atomic E-state index is 12.6. The summed E-state index contributed by atoms with van der Waals surface area (Å²) in [6.07, 6.45) is 0. The molecular formula is C21H17N3O4S. The number of carbonyl (C=O) groups excluding carboxylic acids is 1. The fourth-order valence-corrected chi connectivity index (χ4v) is 3.93. The van der Waals surface area contributed by atoms with E-state index in [1.807, 2.05) is 43.3 Å². The van der Waals surface area contributed by atoms with Crippen LogP contribution in [-0.4, -0.2) is 36.1 Å². The number of carboxylic acid groups (broad SMARTS) is 1. The SMILES string of the molecule is CN(C)c1ccc(-c2scc(NC(=O)c3nc4ccccc4o3)c2C(=O)O)cc1. The van der Waals surface area contributed by atoms with E-state index < -0.39 is 11.9 Å². The van der Waals surface area contributed by atoms with Crippen LogP contribution in [0.2, 0.25) is 0 Å². The van der Waals surface area contributed by atoms with Crippen LogP contribution in [0.3, 0.4) is 0 Å². The number of oxazole rings is 1. The monoisotopic (exact) mass is 407 g/mol. The number of aromatic carboxylic acids is 1. The molecule has 0 aliphatic rings. The van der Waals surface area contributed by atoms with E-state index in [4.69, 9.17) is 4.42 Å². The summed E-state index contributed by atoms with van der Waals surface area (Å²) >= 11 is 1.25. The van der Waals surface area contributed by atoms with Crippen molar-refractivity contribution in [3.63, 3.8) is 0 Å². The maximum Gasteiger partial charge on any atom is 0.339 e. The van der Waals surface area contributed by atoms with Crippen LogP contribution >= 0.6 is 11.3 Å². The molecule has 2 aromatic carbocycles. The van der Waals surface area contributed by atoms with Crippen molar-refractivity contribution in [3.05, 3.63) is 65.4 Å². The zero-order chi connectivity index (χ0) is 20.5. The van der Waals surface area contributed by atoms with Crippen LogP contribution in [0.4, 0.5) is 11.4 Å². The Morgan fingerprint density at radius 3 is 2.48 bits per heavy atom. The number of aromatic nitrogens is 1. The zero-order valence-corrected chi connectivity index (χ0v) is 16.5. The molecule has 0 atom stereocenters. The summed E-state index contributed by atoms with van der Waals surface area (Å²) in [5.74, 6) is -1.84. The Morgan fingerprint density at radius 1 is 1.10 bits per heavy atom. The second-order valence-electron chi connectivity index (χ2n) is 6.54. The number of para-hydroxylation sites is 2. The molecule has 0 saturated heterocycles. The molecule has 2 aromatic heterocycles. The van der Waals surface area contributed by atoms with Gasteiger partial charge in [-0.25, -0.2) is 9.78 Å². The van der Waals surface area contributed by atoms with Gasteiger partial charge in [0.1, 0.15) is 11.1 Å². The highest BCUT2D eigenvalue weighted by Gasteiger charge is 2.23. The van der Waals surface area contributed by atoms with Gasteiger partial charge in [-0.15, -0.1) is 11.3 Å². The number of rotatable bonds is 5. The number of nitrogens with one attached hydrogen (secondary N) is 1. The van der Waals surface area contributed by atoms with Gasteiger partial charge in [-0.1, -0.05) is 24.3 Å². The van der Waals surface area contributed by atoms with Gasteiger partial charge in [0, 0.05) is 25.2 Å². The molecule has 0 aliphatic heterocycles. The number of amides is 1. The maximum atomic E-state index is 12.6. The van der Waals surface area contributed by atoms with Gasteiger partial charge in [-0.3, -0.25) is 4.79 Å². The molecule has 4 rings (SSSR count). The van der Waals surface area contributed by atoms with Gasteiger partial charge in [-0.05, 0) is 29.8 Å². The lowest BCUT2D eigenvalue weighted by molar-refractivity contribution is 0.0699. The second-order valence-corrected chi connectivity index (χ2v) is 7.42. The third-order valence-corrected chi connectivity index (χ3v) is 5.42. The number of thiophene rings is 1. The summed E-state index contributed by atoms with van der Waals surface area (Å²) < 4.78 is 5.46. The summed E-state index contributed by atoms with van der Waals surface area (Å²) in [6.45, 7) is 0. The Balaban J connectivity index is 1.65. The van der Waals surface area contributed by atoms with Crippen molar-refractivity contribution in [2.45, 2.75) is 0 Å². The van der Waals surface area contributed by atoms with Crippen molar-refractivity contribution in [1.29, 1.82) is 0 Å². The van der Waals surface area contributed by atoms with Gasteiger partial charge in [-0.2, -0.15) is 0 Å². The third kappa shape index (κ3) is 3.57. The highest BCUT2D eigenvalue weighted by Crippen LogP contribution is 2.37. The molecule has 0 unspecified atom stereocenters. The van der Waals surface area contributed by atoms with Crippen molar-refractivity contribution in [3.8, 4) is 10.4 Å². The Labute approximate surface area is 170 Å². The normalized spacial score (nSPS) is 10.8. The number of carbonyl (C=O) groups is 2. The fraction of sp³-hybridized carbons (Fsp3) is 0.0952. The van der Waals surface area contributed by atoms with Gasteiger partial charge in [0.05, 0.1) is 10.6 Å². The number of benzene rings is 2. The number of anilines is 2. The molecule has 0 bridgehead atoms. The van der Waals surface area contributed by atoms with Crippen LogP contribution in [0.25, 0.3) is 21.5 Å². The van der Waals surface area contributed by atoms with Crippen LogP contribution in [0.5, 0.6) is 0 Å². The lowest BCUT2D eigenvalue weighted by Crippen LogP contribution is -2.14. The molecule has 0 spiro atoms. The molecule has 2 N–H and O–H groups in total. The van der Waals surface area contributed by atoms with Gasteiger partial charge in [0.25, 0.3) is 5.89 Å². The highest BCUT2D eigenvalue weighted by molar-refractivity contribution is 7.14. The quantitative estimate of drug-likeness (QED) is 0.503. The first-order valence-corrected chi connectivity index (χ1v) is 9.61. The van der Waals surface area contributed by atoms with E-state index in [1.165, 1.54) is 11.3 Å². The summed E-state index contributed by atoms with van der Waals surface area (Å²) in [7, 11) is 3.87. The topological polar surface area (TPSA) is 95.7 Å². The minimum absolute atomic E-state index is 0.0389. The molecule has 0 saturated carbocycles. The molecule has 146 valence electrons. The van der Waals surface area contributed by atoms with E-state index in [2.05, 4.69) is 10.3 Å². The van der Waals surface area contributed by atoms with E-state index in [0.717, 1.165) is 11.3 Å². The molecule has 29 heavy (non-hydrogen) atoms. The smallest absolute Gasteiger partial charge is 0.339 e. The minimum atomic E-state index is -1.12.